The van der Waals surface area contributed by atoms with Crippen LogP contribution in [0.5, 0.6) is 0 Å². The minimum atomic E-state index is 0.601. The van der Waals surface area contributed by atoms with Crippen molar-refractivity contribution in [3.8, 4) is 0 Å². The molecule has 3 aromatic heterocycles. The first-order valence-electron chi connectivity index (χ1n) is 6.47. The van der Waals surface area contributed by atoms with Gasteiger partial charge in [-0.05, 0) is 12.3 Å². The predicted molar refractivity (Wildman–Crippen MR) is 81.8 cm³/mol. The fraction of sp³-hybridized carbons (Fsp3) is 0.0769. The molecule has 0 bridgehead atoms. The predicted octanol–water partition coefficient (Wildman–Crippen LogP) is 0.633. The Morgan fingerprint density at radius 1 is 1.14 bits per heavy atom. The molecule has 0 unspecified atom stereocenters. The van der Waals surface area contributed by atoms with Crippen molar-refractivity contribution in [2.75, 3.05) is 11.4 Å². The van der Waals surface area contributed by atoms with Gasteiger partial charge in [0, 0.05) is 29.9 Å². The van der Waals surface area contributed by atoms with Crippen LogP contribution in [0.25, 0.3) is 16.5 Å². The van der Waals surface area contributed by atoms with Gasteiger partial charge in [-0.15, -0.1) is 0 Å². The molecule has 97 valence electrons. The van der Waals surface area contributed by atoms with Crippen molar-refractivity contribution in [2.24, 2.45) is 0 Å². The van der Waals surface area contributed by atoms with Crippen LogP contribution in [0, 0.1) is 0 Å². The second kappa shape index (κ2) is 4.73. The molecule has 0 fully saturated rings. The van der Waals surface area contributed by atoms with E-state index in [1.807, 2.05) is 30.2 Å². The van der Waals surface area contributed by atoms with Crippen LogP contribution >= 0.6 is 0 Å². The molecule has 8 heteroatoms. The number of hydrogen-bond acceptors (Lipinski definition) is 5. The fourth-order valence-corrected chi connectivity index (χ4v) is 2.42. The molecule has 21 heavy (non-hydrogen) atoms. The van der Waals surface area contributed by atoms with Gasteiger partial charge in [0.1, 0.15) is 24.1 Å². The highest BCUT2D eigenvalue weighted by atomic mass is 15.1. The van der Waals surface area contributed by atoms with Gasteiger partial charge in [0.05, 0.1) is 0 Å². The van der Waals surface area contributed by atoms with E-state index in [0.717, 1.165) is 27.9 Å². The molecule has 4 rings (SSSR count). The number of fused-ring (bicyclic) bond motifs is 2. The van der Waals surface area contributed by atoms with Crippen molar-refractivity contribution in [1.82, 2.24) is 24.4 Å². The summed E-state index contributed by atoms with van der Waals surface area (Å²) in [6, 6.07) is 1.98. The summed E-state index contributed by atoms with van der Waals surface area (Å²) in [5, 5.41) is 0.996. The normalized spacial score (nSPS) is 13.9. The number of nitrogens with zero attached hydrogens (tertiary/aromatic N) is 6. The third kappa shape index (κ3) is 1.99. The minimum absolute atomic E-state index is 0.601. The van der Waals surface area contributed by atoms with E-state index in [-0.39, 0.29) is 0 Å². The Labute approximate surface area is 123 Å². The first-order valence-corrected chi connectivity index (χ1v) is 6.47. The Bertz CT molecular complexity index is 843. The topological polar surface area (TPSA) is 59.7 Å². The summed E-state index contributed by atoms with van der Waals surface area (Å²) in [6.45, 7) is 0.601. The Balaban J connectivity index is 1.75. The maximum absolute atomic E-state index is 5.93. The lowest BCUT2D eigenvalue weighted by Gasteiger charge is -2.26. The fourth-order valence-electron chi connectivity index (χ4n) is 2.42. The van der Waals surface area contributed by atoms with E-state index >= 15 is 0 Å². The van der Waals surface area contributed by atoms with Crippen LogP contribution in [-0.2, 0) is 0 Å². The zero-order chi connectivity index (χ0) is 14.2. The lowest BCUT2D eigenvalue weighted by molar-refractivity contribution is 1.05. The molecule has 0 N–H and O–H groups in total. The van der Waals surface area contributed by atoms with Gasteiger partial charge >= 0.3 is 0 Å². The summed E-state index contributed by atoms with van der Waals surface area (Å²) in [4.78, 5) is 18.3. The van der Waals surface area contributed by atoms with Gasteiger partial charge in [0.2, 0.25) is 7.98 Å². The van der Waals surface area contributed by atoms with Crippen LogP contribution in [-0.4, -0.2) is 46.4 Å². The van der Waals surface area contributed by atoms with Crippen LogP contribution in [0.3, 0.4) is 0 Å². The molecule has 3 aromatic rings. The summed E-state index contributed by atoms with van der Waals surface area (Å²) >= 11 is 0. The van der Waals surface area contributed by atoms with E-state index < -0.39 is 0 Å². The number of aromatic nitrogens is 5. The highest BCUT2D eigenvalue weighted by molar-refractivity contribution is 6.61. The summed E-state index contributed by atoms with van der Waals surface area (Å²) in [5.41, 5.74) is 2.78. The molecule has 0 saturated heterocycles. The average Bonchev–Trinajstić information content (AvgIpc) is 2.94. The molecule has 6 nitrogen and oxygen atoms in total. The van der Waals surface area contributed by atoms with E-state index in [1.54, 1.807) is 23.5 Å². The largest absolute Gasteiger partial charge is 0.406 e. The van der Waals surface area contributed by atoms with E-state index in [2.05, 4.69) is 19.9 Å². The molecule has 0 atom stereocenters. The molecule has 4 heterocycles. The summed E-state index contributed by atoms with van der Waals surface area (Å²) in [7, 11) is 7.93. The zero-order valence-electron chi connectivity index (χ0n) is 11.1. The second-order valence-electron chi connectivity index (χ2n) is 4.73. The molecular formula is C13H9B2N6. The number of rotatable bonds is 2. The van der Waals surface area contributed by atoms with E-state index in [1.165, 1.54) is 6.33 Å². The van der Waals surface area contributed by atoms with Crippen molar-refractivity contribution >= 4 is 37.7 Å². The molecule has 0 saturated carbocycles. The van der Waals surface area contributed by atoms with Crippen molar-refractivity contribution < 1.29 is 0 Å². The molecule has 0 amide bonds. The summed E-state index contributed by atoms with van der Waals surface area (Å²) in [6.07, 6.45) is 10.6. The van der Waals surface area contributed by atoms with Crippen LogP contribution in [0.15, 0.2) is 43.4 Å². The van der Waals surface area contributed by atoms with E-state index in [4.69, 9.17) is 7.98 Å². The van der Waals surface area contributed by atoms with Crippen molar-refractivity contribution in [3.05, 3.63) is 49.0 Å². The van der Waals surface area contributed by atoms with Gasteiger partial charge < -0.3 is 9.29 Å². The quantitative estimate of drug-likeness (QED) is 0.640. The molecule has 0 spiro atoms. The monoisotopic (exact) mass is 271 g/mol. The standard InChI is InChI=1S/C13H9B2N6/c14-20-3-2-11(10-6-17-8-19-13(10)20)15-21-4-1-9-5-16-7-18-12(9)21/h1-2,4-8H,3H2. The molecule has 1 aliphatic rings. The van der Waals surface area contributed by atoms with Crippen LogP contribution in [0.4, 0.5) is 5.82 Å². The van der Waals surface area contributed by atoms with Crippen LogP contribution in [0.2, 0.25) is 0 Å². The second-order valence-corrected chi connectivity index (χ2v) is 4.73. The summed E-state index contributed by atoms with van der Waals surface area (Å²) in [5.74, 6) is 0.727. The Kier molecular flexibility index (Phi) is 2.73. The third-order valence-electron chi connectivity index (χ3n) is 3.44. The Morgan fingerprint density at radius 2 is 2.00 bits per heavy atom. The van der Waals surface area contributed by atoms with E-state index in [0.29, 0.717) is 6.54 Å². The lowest BCUT2D eigenvalue weighted by atomic mass is 9.75. The third-order valence-corrected chi connectivity index (χ3v) is 3.44. The molecule has 0 aromatic carbocycles. The maximum atomic E-state index is 5.93. The molecule has 0 aliphatic carbocycles. The molecule has 3 radical (unpaired) electrons. The maximum Gasteiger partial charge on any atom is 0.292 e. The van der Waals surface area contributed by atoms with Crippen molar-refractivity contribution in [2.45, 2.75) is 0 Å². The average molecular weight is 271 g/mol. The lowest BCUT2D eigenvalue weighted by Crippen LogP contribution is -2.27. The first kappa shape index (κ1) is 12.1. The van der Waals surface area contributed by atoms with Crippen LogP contribution < -0.4 is 4.81 Å². The minimum Gasteiger partial charge on any atom is -0.406 e. The highest BCUT2D eigenvalue weighted by Gasteiger charge is 2.19. The molecular weight excluding hydrogens is 262 g/mol. The molecule has 1 aliphatic heterocycles. The smallest absolute Gasteiger partial charge is 0.292 e. The van der Waals surface area contributed by atoms with Crippen molar-refractivity contribution in [1.29, 1.82) is 0 Å². The van der Waals surface area contributed by atoms with Gasteiger partial charge in [-0.1, -0.05) is 11.5 Å². The van der Waals surface area contributed by atoms with Gasteiger partial charge in [-0.25, -0.2) is 19.9 Å². The zero-order valence-corrected chi connectivity index (χ0v) is 11.1. The number of hydrogen-bond donors (Lipinski definition) is 0. The highest BCUT2D eigenvalue weighted by Crippen LogP contribution is 2.27. The van der Waals surface area contributed by atoms with Gasteiger partial charge in [-0.3, -0.25) is 0 Å². The Hall–Kier alpha value is -2.63. The van der Waals surface area contributed by atoms with Gasteiger partial charge in [0.25, 0.3) is 7.41 Å². The van der Waals surface area contributed by atoms with Gasteiger partial charge in [0.15, 0.2) is 0 Å². The Morgan fingerprint density at radius 3 is 2.95 bits per heavy atom. The van der Waals surface area contributed by atoms with Crippen molar-refractivity contribution in [3.63, 3.8) is 0 Å². The van der Waals surface area contributed by atoms with E-state index in [9.17, 15) is 0 Å². The van der Waals surface area contributed by atoms with Gasteiger partial charge in [-0.2, -0.15) is 0 Å². The number of anilines is 1. The van der Waals surface area contributed by atoms with Crippen LogP contribution in [0.1, 0.15) is 5.56 Å². The summed E-state index contributed by atoms with van der Waals surface area (Å²) < 4.78 is 1.96. The first-order chi connectivity index (χ1) is 10.3. The SMILES string of the molecule is [B]N1CC=C([B]n2ccc3cncnc32)c2cncnc21.